The van der Waals surface area contributed by atoms with Crippen LogP contribution < -0.4 is 10.6 Å². The number of hydrogen-bond acceptors (Lipinski definition) is 2. The first-order valence-corrected chi connectivity index (χ1v) is 6.89. The van der Waals surface area contributed by atoms with E-state index in [4.69, 9.17) is 5.11 Å². The zero-order chi connectivity index (χ0) is 15.3. The van der Waals surface area contributed by atoms with Crippen molar-refractivity contribution in [2.75, 3.05) is 5.32 Å². The molecule has 0 heterocycles. The molecule has 20 heavy (non-hydrogen) atoms. The van der Waals surface area contributed by atoms with Crippen molar-refractivity contribution in [2.45, 2.75) is 26.3 Å². The number of carbonyl (C=O) groups excluding carboxylic acids is 1. The number of carboxylic acid groups (broad SMARTS) is 1. The molecule has 0 spiro atoms. The molecule has 1 rings (SSSR count). The van der Waals surface area contributed by atoms with Crippen LogP contribution >= 0.6 is 15.9 Å². The van der Waals surface area contributed by atoms with Gasteiger partial charge in [-0.1, -0.05) is 36.2 Å². The lowest BCUT2D eigenvalue weighted by molar-refractivity contribution is -0.140. The van der Waals surface area contributed by atoms with Crippen LogP contribution in [-0.2, 0) is 4.79 Å². The summed E-state index contributed by atoms with van der Waals surface area (Å²) in [5.41, 5.74) is -0.0230. The smallest absolute Gasteiger partial charge is 0.326 e. The minimum Gasteiger partial charge on any atom is -0.480 e. The van der Waals surface area contributed by atoms with Gasteiger partial charge in [-0.2, -0.15) is 0 Å². The molecule has 0 fully saturated rings. The molecule has 1 aromatic carbocycles. The Labute approximate surface area is 124 Å². The van der Waals surface area contributed by atoms with Crippen LogP contribution in [-0.4, -0.2) is 23.1 Å². The van der Waals surface area contributed by atoms with Gasteiger partial charge in [-0.15, -0.1) is 0 Å². The highest BCUT2D eigenvalue weighted by Crippen LogP contribution is 2.20. The van der Waals surface area contributed by atoms with Crippen LogP contribution in [0.3, 0.4) is 0 Å². The number of amides is 2. The van der Waals surface area contributed by atoms with Gasteiger partial charge in [0.1, 0.15) is 11.9 Å². The molecule has 0 aliphatic carbocycles. The Hall–Kier alpha value is -1.63. The molecule has 0 saturated carbocycles. The van der Waals surface area contributed by atoms with Crippen LogP contribution in [0.1, 0.15) is 20.3 Å². The number of nitrogens with one attached hydrogen (secondary N) is 2. The summed E-state index contributed by atoms with van der Waals surface area (Å²) in [7, 11) is 0. The van der Waals surface area contributed by atoms with Crippen LogP contribution in [0.25, 0.3) is 0 Å². The maximum absolute atomic E-state index is 13.5. The molecular formula is C13H16BrFN2O3. The molecule has 0 radical (unpaired) electrons. The molecule has 0 aromatic heterocycles. The van der Waals surface area contributed by atoms with Gasteiger partial charge in [0.2, 0.25) is 0 Å². The zero-order valence-corrected chi connectivity index (χ0v) is 12.7. The number of hydrogen-bond donors (Lipinski definition) is 3. The number of carboxylic acids is 1. The Balaban J connectivity index is 2.75. The van der Waals surface area contributed by atoms with Crippen LogP contribution in [0.2, 0.25) is 0 Å². The van der Waals surface area contributed by atoms with Crippen LogP contribution in [0, 0.1) is 11.7 Å². The van der Waals surface area contributed by atoms with E-state index in [0.29, 0.717) is 10.9 Å². The number of urea groups is 1. The van der Waals surface area contributed by atoms with Crippen molar-refractivity contribution in [3.05, 3.63) is 28.5 Å². The number of anilines is 1. The predicted octanol–water partition coefficient (Wildman–Crippen LogP) is 3.21. The molecule has 0 saturated heterocycles. The first kappa shape index (κ1) is 16.4. The summed E-state index contributed by atoms with van der Waals surface area (Å²) < 4.78 is 14.1. The maximum Gasteiger partial charge on any atom is 0.326 e. The van der Waals surface area contributed by atoms with Crippen molar-refractivity contribution in [1.29, 1.82) is 0 Å². The fraction of sp³-hybridized carbons (Fsp3) is 0.385. The molecule has 2 atom stereocenters. The molecule has 110 valence electrons. The quantitative estimate of drug-likeness (QED) is 0.765. The van der Waals surface area contributed by atoms with Crippen molar-refractivity contribution >= 4 is 33.6 Å². The van der Waals surface area contributed by atoms with Gasteiger partial charge in [0.15, 0.2) is 0 Å². The van der Waals surface area contributed by atoms with Crippen molar-refractivity contribution in [3.63, 3.8) is 0 Å². The average molecular weight is 347 g/mol. The molecule has 7 heteroatoms. The molecule has 0 aliphatic rings. The summed E-state index contributed by atoms with van der Waals surface area (Å²) in [5, 5.41) is 13.7. The Bertz CT molecular complexity index is 510. The van der Waals surface area contributed by atoms with Crippen molar-refractivity contribution < 1.29 is 19.1 Å². The highest BCUT2D eigenvalue weighted by molar-refractivity contribution is 9.10. The predicted molar refractivity (Wildman–Crippen MR) is 77.1 cm³/mol. The molecule has 2 amide bonds. The average Bonchev–Trinajstić information content (AvgIpc) is 2.39. The molecule has 5 nitrogen and oxygen atoms in total. The molecule has 0 aliphatic heterocycles. The normalized spacial score (nSPS) is 13.4. The van der Waals surface area contributed by atoms with Crippen LogP contribution in [0.15, 0.2) is 22.7 Å². The second-order valence-electron chi connectivity index (χ2n) is 4.42. The molecule has 3 N–H and O–H groups in total. The van der Waals surface area contributed by atoms with Crippen molar-refractivity contribution in [1.82, 2.24) is 5.32 Å². The summed E-state index contributed by atoms with van der Waals surface area (Å²) in [6.07, 6.45) is 0.600. The van der Waals surface area contributed by atoms with Crippen LogP contribution in [0.4, 0.5) is 14.9 Å². The first-order chi connectivity index (χ1) is 9.35. The van der Waals surface area contributed by atoms with E-state index in [1.165, 1.54) is 18.2 Å². The number of rotatable bonds is 5. The highest BCUT2D eigenvalue weighted by atomic mass is 79.9. The minimum atomic E-state index is -1.12. The number of aliphatic carboxylic acids is 1. The Morgan fingerprint density at radius 2 is 2.10 bits per heavy atom. The van der Waals surface area contributed by atoms with E-state index in [1.54, 1.807) is 6.92 Å². The lowest BCUT2D eigenvalue weighted by Gasteiger charge is -2.20. The second-order valence-corrected chi connectivity index (χ2v) is 5.34. The summed E-state index contributed by atoms with van der Waals surface area (Å²) >= 11 is 3.16. The molecule has 0 unspecified atom stereocenters. The third kappa shape index (κ3) is 4.48. The van der Waals surface area contributed by atoms with Gasteiger partial charge in [0.25, 0.3) is 0 Å². The van der Waals surface area contributed by atoms with E-state index in [1.807, 2.05) is 6.92 Å². The van der Waals surface area contributed by atoms with Gasteiger partial charge in [-0.25, -0.2) is 14.0 Å². The van der Waals surface area contributed by atoms with E-state index in [-0.39, 0.29) is 11.6 Å². The Morgan fingerprint density at radius 1 is 1.45 bits per heavy atom. The van der Waals surface area contributed by atoms with E-state index in [2.05, 4.69) is 26.6 Å². The monoisotopic (exact) mass is 346 g/mol. The maximum atomic E-state index is 13.5. The van der Waals surface area contributed by atoms with Gasteiger partial charge in [-0.3, -0.25) is 0 Å². The summed E-state index contributed by atoms with van der Waals surface area (Å²) in [5.74, 6) is -1.95. The van der Waals surface area contributed by atoms with E-state index < -0.39 is 23.9 Å². The largest absolute Gasteiger partial charge is 0.480 e. The Morgan fingerprint density at radius 3 is 2.65 bits per heavy atom. The van der Waals surface area contributed by atoms with E-state index in [9.17, 15) is 14.0 Å². The summed E-state index contributed by atoms with van der Waals surface area (Å²) in [4.78, 5) is 22.8. The third-order valence-corrected chi connectivity index (χ3v) is 3.44. The minimum absolute atomic E-state index is 0.0230. The van der Waals surface area contributed by atoms with E-state index in [0.717, 1.165) is 0 Å². The topological polar surface area (TPSA) is 78.4 Å². The number of halogens is 2. The number of benzene rings is 1. The summed E-state index contributed by atoms with van der Waals surface area (Å²) in [6, 6.07) is 2.32. The third-order valence-electron chi connectivity index (χ3n) is 2.94. The summed E-state index contributed by atoms with van der Waals surface area (Å²) in [6.45, 7) is 3.55. The zero-order valence-electron chi connectivity index (χ0n) is 11.1. The van der Waals surface area contributed by atoms with Crippen molar-refractivity contribution in [2.24, 2.45) is 5.92 Å². The molecule has 0 bridgehead atoms. The standard InChI is InChI=1S/C13H16BrFN2O3/c1-3-7(2)11(12(18)19)17-13(20)16-10-6-8(14)4-5-9(10)15/h4-7,11H,3H2,1-2H3,(H,18,19)(H2,16,17,20)/t7-,11-/m0/s1. The van der Waals surface area contributed by atoms with Gasteiger partial charge >= 0.3 is 12.0 Å². The lowest BCUT2D eigenvalue weighted by Crippen LogP contribution is -2.46. The lowest BCUT2D eigenvalue weighted by atomic mass is 9.99. The molecule has 1 aromatic rings. The van der Waals surface area contributed by atoms with E-state index >= 15 is 0 Å². The van der Waals surface area contributed by atoms with Crippen molar-refractivity contribution in [3.8, 4) is 0 Å². The van der Waals surface area contributed by atoms with Crippen LogP contribution in [0.5, 0.6) is 0 Å². The number of carbonyl (C=O) groups is 2. The molecular weight excluding hydrogens is 331 g/mol. The van der Waals surface area contributed by atoms with Gasteiger partial charge in [0.05, 0.1) is 5.69 Å². The second kappa shape index (κ2) is 7.23. The fourth-order valence-electron chi connectivity index (χ4n) is 1.58. The highest BCUT2D eigenvalue weighted by Gasteiger charge is 2.25. The Kier molecular flexibility index (Phi) is 5.94. The van der Waals surface area contributed by atoms with Gasteiger partial charge < -0.3 is 15.7 Å². The first-order valence-electron chi connectivity index (χ1n) is 6.10. The van der Waals surface area contributed by atoms with Gasteiger partial charge in [0, 0.05) is 4.47 Å². The SMILES string of the molecule is CC[C@H](C)[C@H](NC(=O)Nc1cc(Br)ccc1F)C(=O)O. The van der Waals surface area contributed by atoms with Gasteiger partial charge in [-0.05, 0) is 24.1 Å². The fourth-order valence-corrected chi connectivity index (χ4v) is 1.94.